The lowest BCUT2D eigenvalue weighted by molar-refractivity contribution is 0.112. The van der Waals surface area contributed by atoms with Crippen LogP contribution in [0.1, 0.15) is 15.9 Å². The molecule has 2 aromatic carbocycles. The Morgan fingerprint density at radius 3 is 2.44 bits per heavy atom. The zero-order valence-corrected chi connectivity index (χ0v) is 9.15. The Kier molecular flexibility index (Phi) is 3.16. The summed E-state index contributed by atoms with van der Waals surface area (Å²) >= 11 is 0. The summed E-state index contributed by atoms with van der Waals surface area (Å²) in [5.74, 6) is -1.37. The normalized spacial score (nSPS) is 9.83. The number of halogens is 2. The van der Waals surface area contributed by atoms with Crippen LogP contribution in [-0.4, -0.2) is 6.29 Å². The van der Waals surface area contributed by atoms with Crippen LogP contribution in [0.2, 0.25) is 0 Å². The maximum Gasteiger partial charge on any atom is 0.150 e. The molecule has 0 saturated carbocycles. The van der Waals surface area contributed by atoms with Crippen molar-refractivity contribution in [2.75, 3.05) is 0 Å². The van der Waals surface area contributed by atoms with Crippen molar-refractivity contribution >= 4 is 6.29 Å². The molecule has 0 bridgehead atoms. The third kappa shape index (κ3) is 1.98. The summed E-state index contributed by atoms with van der Waals surface area (Å²) < 4.78 is 27.2. The first-order valence-electron chi connectivity index (χ1n) is 5.11. The monoisotopic (exact) mass is 243 g/mol. The molecule has 0 saturated heterocycles. The number of carbonyl (C=O) groups is 1. The average Bonchev–Trinajstić information content (AvgIpc) is 2.38. The van der Waals surface area contributed by atoms with Crippen molar-refractivity contribution in [1.29, 1.82) is 5.26 Å². The summed E-state index contributed by atoms with van der Waals surface area (Å²) in [6, 6.07) is 9.53. The molecule has 2 nitrogen and oxygen atoms in total. The number of hydrogen-bond donors (Lipinski definition) is 0. The van der Waals surface area contributed by atoms with Crippen LogP contribution >= 0.6 is 0 Å². The van der Waals surface area contributed by atoms with Crippen molar-refractivity contribution in [3.63, 3.8) is 0 Å². The topological polar surface area (TPSA) is 40.9 Å². The molecule has 4 heteroatoms. The van der Waals surface area contributed by atoms with Crippen LogP contribution in [0.15, 0.2) is 36.4 Å². The van der Waals surface area contributed by atoms with E-state index in [9.17, 15) is 13.6 Å². The molecule has 0 amide bonds. The molecule has 0 aliphatic rings. The van der Waals surface area contributed by atoms with Gasteiger partial charge in [0.25, 0.3) is 0 Å². The third-order valence-corrected chi connectivity index (χ3v) is 2.54. The highest BCUT2D eigenvalue weighted by Crippen LogP contribution is 2.27. The molecule has 18 heavy (non-hydrogen) atoms. The van der Waals surface area contributed by atoms with Gasteiger partial charge < -0.3 is 0 Å². The second-order valence-corrected chi connectivity index (χ2v) is 3.63. The number of rotatable bonds is 2. The minimum absolute atomic E-state index is 0.0941. The van der Waals surface area contributed by atoms with Gasteiger partial charge in [0.05, 0.1) is 5.56 Å². The molecule has 0 atom stereocenters. The summed E-state index contributed by atoms with van der Waals surface area (Å²) in [7, 11) is 0. The van der Waals surface area contributed by atoms with E-state index in [1.54, 1.807) is 6.07 Å². The molecule has 0 heterocycles. The standard InChI is InChI=1S/C14H7F2NO/c15-13-3-1-2-10(12(13)7-17)11-5-4-9(8-18)6-14(11)16/h1-6,8H. The third-order valence-electron chi connectivity index (χ3n) is 2.54. The maximum absolute atomic E-state index is 13.8. The molecule has 0 unspecified atom stereocenters. The molecular weight excluding hydrogens is 236 g/mol. The zero-order chi connectivity index (χ0) is 13.1. The van der Waals surface area contributed by atoms with Crippen molar-refractivity contribution in [3.8, 4) is 17.2 Å². The highest BCUT2D eigenvalue weighted by atomic mass is 19.1. The van der Waals surface area contributed by atoms with Crippen molar-refractivity contribution in [2.24, 2.45) is 0 Å². The molecule has 2 rings (SSSR count). The lowest BCUT2D eigenvalue weighted by Gasteiger charge is -2.06. The van der Waals surface area contributed by atoms with Gasteiger partial charge in [-0.2, -0.15) is 5.26 Å². The Morgan fingerprint density at radius 2 is 1.83 bits per heavy atom. The van der Waals surface area contributed by atoms with E-state index >= 15 is 0 Å². The number of hydrogen-bond acceptors (Lipinski definition) is 2. The number of nitrogens with zero attached hydrogens (tertiary/aromatic N) is 1. The van der Waals surface area contributed by atoms with Gasteiger partial charge in [-0.25, -0.2) is 8.78 Å². The minimum Gasteiger partial charge on any atom is -0.298 e. The van der Waals surface area contributed by atoms with Crippen LogP contribution in [-0.2, 0) is 0 Å². The number of benzene rings is 2. The Morgan fingerprint density at radius 1 is 1.06 bits per heavy atom. The molecule has 0 fully saturated rings. The summed E-state index contributed by atoms with van der Waals surface area (Å²) in [5, 5.41) is 8.88. The lowest BCUT2D eigenvalue weighted by Crippen LogP contribution is -1.93. The first-order valence-corrected chi connectivity index (χ1v) is 5.11. The molecule has 0 aliphatic carbocycles. The van der Waals surface area contributed by atoms with Crippen molar-refractivity contribution in [3.05, 3.63) is 59.2 Å². The number of aldehydes is 1. The van der Waals surface area contributed by atoms with Crippen molar-refractivity contribution in [2.45, 2.75) is 0 Å². The summed E-state index contributed by atoms with van der Waals surface area (Å²) in [6.07, 6.45) is 0.518. The van der Waals surface area contributed by atoms with E-state index < -0.39 is 11.6 Å². The Hall–Kier alpha value is -2.54. The van der Waals surface area contributed by atoms with Gasteiger partial charge in [0.1, 0.15) is 24.0 Å². The van der Waals surface area contributed by atoms with Crippen LogP contribution in [0.25, 0.3) is 11.1 Å². The maximum atomic E-state index is 13.8. The quantitative estimate of drug-likeness (QED) is 0.759. The van der Waals surface area contributed by atoms with Crippen LogP contribution < -0.4 is 0 Å². The van der Waals surface area contributed by atoms with Gasteiger partial charge in [-0.05, 0) is 12.1 Å². The SMILES string of the molecule is N#Cc1c(F)cccc1-c1ccc(C=O)cc1F. The van der Waals surface area contributed by atoms with Gasteiger partial charge in [0.2, 0.25) is 0 Å². The summed E-state index contributed by atoms with van der Waals surface area (Å²) in [4.78, 5) is 10.5. The second kappa shape index (κ2) is 4.76. The molecule has 0 aliphatic heterocycles. The summed E-state index contributed by atoms with van der Waals surface area (Å²) in [5.41, 5.74) is 0.241. The van der Waals surface area contributed by atoms with Gasteiger partial charge in [-0.15, -0.1) is 0 Å². The lowest BCUT2D eigenvalue weighted by atomic mass is 9.98. The Labute approximate surface area is 102 Å². The van der Waals surface area contributed by atoms with Crippen LogP contribution in [0.3, 0.4) is 0 Å². The minimum atomic E-state index is -0.700. The smallest absolute Gasteiger partial charge is 0.150 e. The molecule has 0 spiro atoms. The van der Waals surface area contributed by atoms with E-state index in [-0.39, 0.29) is 22.3 Å². The van der Waals surface area contributed by atoms with E-state index in [0.29, 0.717) is 6.29 Å². The fourth-order valence-corrected chi connectivity index (χ4v) is 1.69. The van der Waals surface area contributed by atoms with Gasteiger partial charge in [0, 0.05) is 16.7 Å². The molecule has 88 valence electrons. The number of carbonyl (C=O) groups excluding carboxylic acids is 1. The summed E-state index contributed by atoms with van der Waals surface area (Å²) in [6.45, 7) is 0. The number of nitriles is 1. The van der Waals surface area contributed by atoms with E-state index in [1.165, 1.54) is 24.3 Å². The molecule has 0 radical (unpaired) electrons. The fraction of sp³-hybridized carbons (Fsp3) is 0. The molecule has 0 aromatic heterocycles. The van der Waals surface area contributed by atoms with E-state index in [2.05, 4.69) is 0 Å². The van der Waals surface area contributed by atoms with E-state index in [4.69, 9.17) is 5.26 Å². The Bertz CT molecular complexity index is 659. The zero-order valence-electron chi connectivity index (χ0n) is 9.15. The van der Waals surface area contributed by atoms with E-state index in [0.717, 1.165) is 12.1 Å². The molecule has 0 N–H and O–H groups in total. The van der Waals surface area contributed by atoms with Crippen molar-refractivity contribution < 1.29 is 13.6 Å². The predicted molar refractivity (Wildman–Crippen MR) is 61.9 cm³/mol. The van der Waals surface area contributed by atoms with Gasteiger partial charge in [0.15, 0.2) is 0 Å². The highest BCUT2D eigenvalue weighted by molar-refractivity contribution is 5.78. The van der Waals surface area contributed by atoms with Gasteiger partial charge >= 0.3 is 0 Å². The van der Waals surface area contributed by atoms with Crippen LogP contribution in [0.4, 0.5) is 8.78 Å². The first-order chi connectivity index (χ1) is 8.67. The molecule has 2 aromatic rings. The highest BCUT2D eigenvalue weighted by Gasteiger charge is 2.13. The van der Waals surface area contributed by atoms with Gasteiger partial charge in [-0.3, -0.25) is 4.79 Å². The van der Waals surface area contributed by atoms with Crippen LogP contribution in [0, 0.1) is 23.0 Å². The second-order valence-electron chi connectivity index (χ2n) is 3.63. The predicted octanol–water partition coefficient (Wildman–Crippen LogP) is 3.32. The fourth-order valence-electron chi connectivity index (χ4n) is 1.69. The van der Waals surface area contributed by atoms with E-state index in [1.807, 2.05) is 0 Å². The van der Waals surface area contributed by atoms with Crippen LogP contribution in [0.5, 0.6) is 0 Å². The average molecular weight is 243 g/mol. The first kappa shape index (κ1) is 11.9. The molecular formula is C14H7F2NO. The van der Waals surface area contributed by atoms with Gasteiger partial charge in [-0.1, -0.05) is 24.3 Å². The Balaban J connectivity index is 2.67. The largest absolute Gasteiger partial charge is 0.298 e. The van der Waals surface area contributed by atoms with Crippen molar-refractivity contribution in [1.82, 2.24) is 0 Å².